The van der Waals surface area contributed by atoms with Gasteiger partial charge < -0.3 is 15.1 Å². The maximum Gasteiger partial charge on any atom is 0.406 e. The Morgan fingerprint density at radius 2 is 1.80 bits per heavy atom. The predicted molar refractivity (Wildman–Crippen MR) is 107 cm³/mol. The van der Waals surface area contributed by atoms with E-state index in [1.54, 1.807) is 12.1 Å². The lowest BCUT2D eigenvalue weighted by Crippen LogP contribution is -2.36. The number of halogens is 3. The molecule has 0 aromatic heterocycles. The van der Waals surface area contributed by atoms with Crippen molar-refractivity contribution in [1.82, 2.24) is 4.90 Å². The maximum atomic E-state index is 12.7. The van der Waals surface area contributed by atoms with Crippen LogP contribution in [0.2, 0.25) is 0 Å². The molecule has 0 bridgehead atoms. The van der Waals surface area contributed by atoms with Crippen molar-refractivity contribution >= 4 is 23.2 Å². The molecule has 1 fully saturated rings. The van der Waals surface area contributed by atoms with Crippen molar-refractivity contribution in [3.63, 3.8) is 0 Å². The van der Waals surface area contributed by atoms with Crippen LogP contribution >= 0.6 is 0 Å². The molecule has 1 N–H and O–H groups in total. The molecule has 2 aliphatic rings. The third-order valence-electron chi connectivity index (χ3n) is 5.58. The van der Waals surface area contributed by atoms with Gasteiger partial charge in [0.15, 0.2) is 0 Å². The van der Waals surface area contributed by atoms with Gasteiger partial charge in [-0.05, 0) is 29.7 Å². The first-order valence-corrected chi connectivity index (χ1v) is 9.86. The molecule has 1 unspecified atom stereocenters. The zero-order valence-electron chi connectivity index (χ0n) is 16.3. The van der Waals surface area contributed by atoms with E-state index in [0.717, 1.165) is 18.5 Å². The van der Waals surface area contributed by atoms with Crippen molar-refractivity contribution in [2.24, 2.45) is 5.92 Å². The van der Waals surface area contributed by atoms with E-state index >= 15 is 0 Å². The summed E-state index contributed by atoms with van der Waals surface area (Å²) >= 11 is 0. The van der Waals surface area contributed by atoms with E-state index in [1.807, 2.05) is 24.3 Å². The van der Waals surface area contributed by atoms with Crippen LogP contribution in [0.4, 0.5) is 24.5 Å². The summed E-state index contributed by atoms with van der Waals surface area (Å²) < 4.78 is 37.8. The first kappa shape index (κ1) is 20.3. The number of rotatable bonds is 5. The lowest BCUT2D eigenvalue weighted by Gasteiger charge is -2.22. The molecular formula is C22H22F3N3O2. The second-order valence-electron chi connectivity index (χ2n) is 7.74. The molecule has 8 heteroatoms. The first-order chi connectivity index (χ1) is 14.3. The number of para-hydroxylation sites is 2. The van der Waals surface area contributed by atoms with Gasteiger partial charge in [0.05, 0.1) is 5.92 Å². The molecule has 1 atom stereocenters. The molecule has 158 valence electrons. The molecule has 4 rings (SSSR count). The van der Waals surface area contributed by atoms with Gasteiger partial charge in [0.1, 0.15) is 6.54 Å². The summed E-state index contributed by atoms with van der Waals surface area (Å²) in [6, 6.07) is 15.6. The van der Waals surface area contributed by atoms with Gasteiger partial charge in [-0.25, -0.2) is 0 Å². The molecular weight excluding hydrogens is 395 g/mol. The Morgan fingerprint density at radius 1 is 1.07 bits per heavy atom. The number of hydrogen-bond donors (Lipinski definition) is 1. The fourth-order valence-electron chi connectivity index (χ4n) is 4.11. The summed E-state index contributed by atoms with van der Waals surface area (Å²) in [6.45, 7) is -0.0468. The third kappa shape index (κ3) is 4.42. The molecule has 0 saturated carbocycles. The van der Waals surface area contributed by atoms with Crippen LogP contribution < -0.4 is 10.2 Å². The van der Waals surface area contributed by atoms with E-state index in [-0.39, 0.29) is 13.0 Å². The second-order valence-corrected chi connectivity index (χ2v) is 7.74. The number of alkyl halides is 3. The van der Waals surface area contributed by atoms with Gasteiger partial charge in [-0.3, -0.25) is 9.59 Å². The van der Waals surface area contributed by atoms with E-state index in [2.05, 4.69) is 22.3 Å². The predicted octanol–water partition coefficient (Wildman–Crippen LogP) is 3.60. The fourth-order valence-corrected chi connectivity index (χ4v) is 4.11. The molecule has 2 aliphatic heterocycles. The van der Waals surface area contributed by atoms with Crippen LogP contribution in [0.3, 0.4) is 0 Å². The fraction of sp³-hybridized carbons (Fsp3) is 0.364. The van der Waals surface area contributed by atoms with Crippen LogP contribution in [-0.2, 0) is 22.6 Å². The van der Waals surface area contributed by atoms with E-state index in [9.17, 15) is 22.8 Å². The van der Waals surface area contributed by atoms with Crippen molar-refractivity contribution < 1.29 is 22.8 Å². The smallest absolute Gasteiger partial charge is 0.367 e. The molecule has 0 radical (unpaired) electrons. The van der Waals surface area contributed by atoms with E-state index in [4.69, 9.17) is 0 Å². The average Bonchev–Trinajstić information content (AvgIpc) is 3.26. The molecule has 2 aromatic carbocycles. The Bertz CT molecular complexity index is 961. The number of amides is 2. The number of nitrogens with zero attached hydrogens (tertiary/aromatic N) is 2. The number of carbonyl (C=O) groups excluding carboxylic acids is 2. The Balaban J connectivity index is 1.44. The molecule has 2 amide bonds. The minimum Gasteiger partial charge on any atom is -0.367 e. The van der Waals surface area contributed by atoms with Crippen LogP contribution in [0, 0.1) is 5.92 Å². The van der Waals surface area contributed by atoms with Crippen molar-refractivity contribution in [1.29, 1.82) is 0 Å². The second kappa shape index (κ2) is 8.01. The van der Waals surface area contributed by atoms with Gasteiger partial charge in [0.25, 0.3) is 0 Å². The lowest BCUT2D eigenvalue weighted by atomic mass is 10.1. The normalized spacial score (nSPS) is 18.6. The number of carbonyl (C=O) groups is 2. The van der Waals surface area contributed by atoms with Crippen LogP contribution in [-0.4, -0.2) is 42.5 Å². The first-order valence-electron chi connectivity index (χ1n) is 9.86. The standard InChI is InChI=1S/C22H22F3N3O2/c23-22(24,25)14-28-13-17(11-20(28)29)21(30)26-18-7-3-1-6-16(18)12-27-10-9-15-5-2-4-8-19(15)27/h1-8,17H,9-14H2,(H,26,30). The molecule has 5 nitrogen and oxygen atoms in total. The quantitative estimate of drug-likeness (QED) is 0.809. The highest BCUT2D eigenvalue weighted by atomic mass is 19.4. The Kier molecular flexibility index (Phi) is 5.40. The topological polar surface area (TPSA) is 52.7 Å². The van der Waals surface area contributed by atoms with Gasteiger partial charge in [-0.15, -0.1) is 0 Å². The summed E-state index contributed by atoms with van der Waals surface area (Å²) in [7, 11) is 0. The summed E-state index contributed by atoms with van der Waals surface area (Å²) in [5.74, 6) is -1.86. The van der Waals surface area contributed by atoms with Crippen molar-refractivity contribution in [2.45, 2.75) is 25.6 Å². The van der Waals surface area contributed by atoms with Crippen LogP contribution in [0.25, 0.3) is 0 Å². The van der Waals surface area contributed by atoms with Gasteiger partial charge in [0, 0.05) is 37.4 Å². The van der Waals surface area contributed by atoms with E-state index < -0.39 is 30.5 Å². The SMILES string of the molecule is O=C(Nc1ccccc1CN1CCc2ccccc21)C1CC(=O)N(CC(F)(F)F)C1. The summed E-state index contributed by atoms with van der Waals surface area (Å²) in [5, 5.41) is 2.83. The lowest BCUT2D eigenvalue weighted by molar-refractivity contribution is -0.157. The summed E-state index contributed by atoms with van der Waals surface area (Å²) in [6.07, 6.45) is -3.72. The highest BCUT2D eigenvalue weighted by Crippen LogP contribution is 2.31. The van der Waals surface area contributed by atoms with Crippen LogP contribution in [0.1, 0.15) is 17.5 Å². The van der Waals surface area contributed by atoms with E-state index in [1.165, 1.54) is 11.3 Å². The van der Waals surface area contributed by atoms with E-state index in [0.29, 0.717) is 17.1 Å². The molecule has 0 spiro atoms. The number of likely N-dealkylation sites (tertiary alicyclic amines) is 1. The maximum absolute atomic E-state index is 12.7. The van der Waals surface area contributed by atoms with Gasteiger partial charge in [-0.1, -0.05) is 36.4 Å². The van der Waals surface area contributed by atoms with Crippen LogP contribution in [0.15, 0.2) is 48.5 Å². The zero-order chi connectivity index (χ0) is 21.3. The van der Waals surface area contributed by atoms with Crippen molar-refractivity contribution in [2.75, 3.05) is 29.9 Å². The number of hydrogen-bond acceptors (Lipinski definition) is 3. The Labute approximate surface area is 172 Å². The monoisotopic (exact) mass is 417 g/mol. The van der Waals surface area contributed by atoms with Crippen LogP contribution in [0.5, 0.6) is 0 Å². The molecule has 1 saturated heterocycles. The minimum absolute atomic E-state index is 0.205. The highest BCUT2D eigenvalue weighted by Gasteiger charge is 2.40. The Hall–Kier alpha value is -3.03. The van der Waals surface area contributed by atoms with Gasteiger partial charge >= 0.3 is 6.18 Å². The minimum atomic E-state index is -4.47. The average molecular weight is 417 g/mol. The summed E-state index contributed by atoms with van der Waals surface area (Å²) in [5.41, 5.74) is 3.99. The third-order valence-corrected chi connectivity index (χ3v) is 5.58. The van der Waals surface area contributed by atoms with Gasteiger partial charge in [-0.2, -0.15) is 13.2 Å². The summed E-state index contributed by atoms with van der Waals surface area (Å²) in [4.78, 5) is 27.5. The number of benzene rings is 2. The molecule has 2 aromatic rings. The zero-order valence-corrected chi connectivity index (χ0v) is 16.3. The van der Waals surface area contributed by atoms with Gasteiger partial charge in [0.2, 0.25) is 11.8 Å². The Morgan fingerprint density at radius 3 is 2.60 bits per heavy atom. The largest absolute Gasteiger partial charge is 0.406 e. The van der Waals surface area contributed by atoms with Crippen molar-refractivity contribution in [3.05, 3.63) is 59.7 Å². The number of fused-ring (bicyclic) bond motifs is 1. The highest BCUT2D eigenvalue weighted by molar-refractivity contribution is 5.97. The number of nitrogens with one attached hydrogen (secondary N) is 1. The number of anilines is 2. The molecule has 2 heterocycles. The van der Waals surface area contributed by atoms with Crippen molar-refractivity contribution in [3.8, 4) is 0 Å². The molecule has 30 heavy (non-hydrogen) atoms. The molecule has 0 aliphatic carbocycles.